The van der Waals surface area contributed by atoms with Gasteiger partial charge in [-0.3, -0.25) is 28.2 Å². The van der Waals surface area contributed by atoms with Crippen molar-refractivity contribution in [3.63, 3.8) is 0 Å². The lowest BCUT2D eigenvalue weighted by Crippen LogP contribution is -2.46. The smallest absolute Gasteiger partial charge is 0.452 e. The monoisotopic (exact) mass is 1150 g/mol. The van der Waals surface area contributed by atoms with Crippen molar-refractivity contribution in [2.45, 2.75) is 102 Å². The minimum Gasteiger partial charge on any atom is -0.452 e. The summed E-state index contributed by atoms with van der Waals surface area (Å²) < 4.78 is 97.1. The number of aromatic nitrogens is 4. The van der Waals surface area contributed by atoms with E-state index in [0.29, 0.717) is 84.6 Å². The Morgan fingerprint density at radius 2 is 1.72 bits per heavy atom. The van der Waals surface area contributed by atoms with Crippen LogP contribution in [0.1, 0.15) is 83.1 Å². The van der Waals surface area contributed by atoms with Crippen LogP contribution in [-0.4, -0.2) is 137 Å². The first-order chi connectivity index (χ1) is 35.6. The fraction of sp³-hybridized carbons (Fsp3) is 0.535. The van der Waals surface area contributed by atoms with Crippen LogP contribution >= 0.6 is 23.5 Å². The molecule has 6 heterocycles. The molecule has 0 aliphatic carbocycles. The molecule has 0 saturated carbocycles. The van der Waals surface area contributed by atoms with E-state index in [4.69, 9.17) is 30.0 Å². The molecule has 1 saturated heterocycles. The Kier molecular flexibility index (Phi) is 16.8. The molecule has 1 amide bonds. The molecule has 6 atom stereocenters. The molecule has 2 unspecified atom stereocenters. The van der Waals surface area contributed by atoms with Gasteiger partial charge in [0, 0.05) is 55.4 Å². The number of carbonyl (C=O) groups is 1. The van der Waals surface area contributed by atoms with Gasteiger partial charge in [-0.1, -0.05) is 18.9 Å². The molecule has 76 heavy (non-hydrogen) atoms. The van der Waals surface area contributed by atoms with Crippen LogP contribution in [0.4, 0.5) is 23.3 Å². The highest BCUT2D eigenvalue weighted by molar-refractivity contribution is 7.86. The number of hydrogen-bond acceptors (Lipinski definition) is 20. The number of benzene rings is 2. The number of phosphoric ester groups is 1. The number of anilines is 3. The Hall–Kier alpha value is -5.00. The van der Waals surface area contributed by atoms with E-state index in [2.05, 4.69) is 55.1 Å². The maximum absolute atomic E-state index is 13.1. The third kappa shape index (κ3) is 13.5. The Morgan fingerprint density at radius 1 is 0.987 bits per heavy atom. The summed E-state index contributed by atoms with van der Waals surface area (Å²) in [6, 6.07) is 7.72. The predicted octanol–water partition coefficient (Wildman–Crippen LogP) is 1.62. The summed E-state index contributed by atoms with van der Waals surface area (Å²) in [6.45, 7) is 7.77. The number of aliphatic hydroxyl groups is 2. The number of nitrogen functional groups attached to an aromatic ring is 1. The van der Waals surface area contributed by atoms with Crippen LogP contribution in [0.15, 0.2) is 40.1 Å². The van der Waals surface area contributed by atoms with Gasteiger partial charge in [-0.15, -0.1) is 0 Å². The quantitative estimate of drug-likeness (QED) is 0.0192. The zero-order valence-corrected chi connectivity index (χ0v) is 44.8. The SMILES string of the molecule is CC[N+]1=c2cc3c(cc2CCC1)=Nc1cc2c(cc1O3)N(CCCC(=O)NCCCCCCNc1nc3c(=O)[nH]c(N)nc3n1[C@@H]1O[C@H](COP(=O)(O)OP(=O)(O)OP(=O)(O)O)[C@@H](O)[C@H]1O)C(C)(C)C=C2CS(=O)(=O)O. The lowest BCUT2D eigenvalue weighted by Gasteiger charge is -2.44. The number of nitrogens with zero attached hydrogens (tertiary/aromatic N) is 6. The van der Waals surface area contributed by atoms with Gasteiger partial charge < -0.3 is 60.5 Å². The molecule has 4 aliphatic heterocycles. The summed E-state index contributed by atoms with van der Waals surface area (Å²) in [4.78, 5) is 80.5. The molecule has 1 fully saturated rings. The number of fused-ring (bicyclic) bond motifs is 5. The summed E-state index contributed by atoms with van der Waals surface area (Å²) in [6.07, 6.45) is 0.0274. The first-order valence-corrected chi connectivity index (χ1v) is 30.3. The number of amides is 1. The highest BCUT2D eigenvalue weighted by Gasteiger charge is 2.48. The number of phosphoric acid groups is 3. The number of imidazole rings is 1. The van der Waals surface area contributed by atoms with E-state index in [0.717, 1.165) is 35.9 Å². The lowest BCUT2D eigenvalue weighted by molar-refractivity contribution is -0.121. The number of ether oxygens (including phenoxy) is 2. The topological polar surface area (TPSA) is 422 Å². The van der Waals surface area contributed by atoms with Crippen LogP contribution in [0, 0.1) is 0 Å². The number of rotatable bonds is 23. The molecule has 4 aromatic rings. The highest BCUT2D eigenvalue weighted by Crippen LogP contribution is 2.66. The van der Waals surface area contributed by atoms with Crippen molar-refractivity contribution < 1.29 is 83.9 Å². The van der Waals surface area contributed by atoms with Crippen molar-refractivity contribution in [3.05, 3.63) is 62.5 Å². The molecule has 8 rings (SSSR count). The highest BCUT2D eigenvalue weighted by atomic mass is 32.2. The predicted molar refractivity (Wildman–Crippen MR) is 272 cm³/mol. The molecule has 4 aliphatic rings. The first kappa shape index (κ1) is 57.2. The van der Waals surface area contributed by atoms with Gasteiger partial charge in [0.15, 0.2) is 28.9 Å². The molecule has 12 N–H and O–H groups in total. The third-order valence-electron chi connectivity index (χ3n) is 13.0. The van der Waals surface area contributed by atoms with Crippen molar-refractivity contribution in [1.82, 2.24) is 29.4 Å². The van der Waals surface area contributed by atoms with E-state index in [9.17, 15) is 56.3 Å². The van der Waals surface area contributed by atoms with E-state index < -0.39 is 81.6 Å². The Morgan fingerprint density at radius 3 is 2.43 bits per heavy atom. The number of nitrogens with one attached hydrogen (secondary N) is 3. The molecule has 2 aromatic heterocycles. The first-order valence-electron chi connectivity index (χ1n) is 24.1. The van der Waals surface area contributed by atoms with Crippen LogP contribution in [0.25, 0.3) is 16.7 Å². The number of aliphatic hydroxyl groups excluding tert-OH is 2. The van der Waals surface area contributed by atoms with E-state index >= 15 is 0 Å². The van der Waals surface area contributed by atoms with Gasteiger partial charge in [-0.05, 0) is 64.2 Å². The summed E-state index contributed by atoms with van der Waals surface area (Å²) in [5.74, 6) is -0.0214. The lowest BCUT2D eigenvalue weighted by atomic mass is 9.88. The molecule has 2 aromatic carbocycles. The molecule has 29 nitrogen and oxygen atoms in total. The molecule has 416 valence electrons. The molecular weight excluding hydrogens is 1090 g/mol. The summed E-state index contributed by atoms with van der Waals surface area (Å²) >= 11 is 0. The number of hydrogen-bond donors (Lipinski definition) is 11. The van der Waals surface area contributed by atoms with Gasteiger partial charge in [0.25, 0.3) is 15.7 Å². The van der Waals surface area contributed by atoms with Gasteiger partial charge in [0.05, 0.1) is 18.2 Å². The van der Waals surface area contributed by atoms with Crippen molar-refractivity contribution in [2.75, 3.05) is 61.0 Å². The molecule has 0 bridgehead atoms. The van der Waals surface area contributed by atoms with E-state index in [-0.39, 0.29) is 41.9 Å². The number of carbonyl (C=O) groups excluding carboxylic acids is 1. The van der Waals surface area contributed by atoms with Crippen LogP contribution in [0.5, 0.6) is 11.5 Å². The Balaban J connectivity index is 0.834. The van der Waals surface area contributed by atoms with E-state index in [1.54, 1.807) is 6.07 Å². The van der Waals surface area contributed by atoms with Crippen molar-refractivity contribution in [1.29, 1.82) is 0 Å². The molecule has 33 heteroatoms. The molecule has 0 spiro atoms. The second-order valence-corrected chi connectivity index (χ2v) is 24.9. The van der Waals surface area contributed by atoms with Crippen LogP contribution in [0.3, 0.4) is 0 Å². The summed E-state index contributed by atoms with van der Waals surface area (Å²) in [7, 11) is -21.5. The largest absolute Gasteiger partial charge is 0.490 e. The number of unbranched alkanes of at least 4 members (excludes halogenated alkanes) is 3. The van der Waals surface area contributed by atoms with Crippen molar-refractivity contribution in [3.8, 4) is 11.5 Å². The summed E-state index contributed by atoms with van der Waals surface area (Å²) in [5, 5.41) is 29.6. The number of aromatic amines is 1. The minimum absolute atomic E-state index is 0.0582. The van der Waals surface area contributed by atoms with Gasteiger partial charge in [0.1, 0.15) is 48.2 Å². The number of H-pyrrole nitrogens is 1. The molecule has 0 radical (unpaired) electrons. The zero-order chi connectivity index (χ0) is 55.1. The minimum atomic E-state index is -5.85. The second-order valence-electron chi connectivity index (χ2n) is 19.0. The number of nitrogens with two attached hydrogens (primary N) is 1. The third-order valence-corrected chi connectivity index (χ3v) is 17.4. The van der Waals surface area contributed by atoms with Crippen molar-refractivity contribution >= 4 is 79.5 Å². The maximum Gasteiger partial charge on any atom is 0.490 e. The fourth-order valence-corrected chi connectivity index (χ4v) is 13.3. The average molecular weight is 1150 g/mol. The fourth-order valence-electron chi connectivity index (χ4n) is 9.68. The maximum atomic E-state index is 13.1. The zero-order valence-electron chi connectivity index (χ0n) is 41.3. The van der Waals surface area contributed by atoms with E-state index in [1.807, 2.05) is 38.1 Å². The molecular formula is C43H60N10O19P3S+. The van der Waals surface area contributed by atoms with Crippen LogP contribution in [-0.2, 0) is 52.9 Å². The van der Waals surface area contributed by atoms with Crippen LogP contribution in [0.2, 0.25) is 0 Å². The summed E-state index contributed by atoms with van der Waals surface area (Å²) in [5.41, 5.74) is 7.30. The Labute approximate surface area is 433 Å². The Bertz CT molecular complexity index is 3410. The van der Waals surface area contributed by atoms with Gasteiger partial charge in [-0.25, -0.2) is 28.2 Å². The van der Waals surface area contributed by atoms with E-state index in [1.165, 1.54) is 5.56 Å². The second kappa shape index (κ2) is 22.4. The standard InChI is InChI=1S/C43H59N10O19P3S/c1-4-51-15-9-11-24-17-27-31(19-29(24)51)69-32-20-30-26(18-28(32)47-27)25(23-76(65,66)67)21-43(2,3)52(30)16-10-12-34(54)45-13-7-5-6-8-14-46-42-48-35-38(49-41(44)50-39(35)57)53(42)40-37(56)36(55)33(70-40)22-68-74(61,62)72-75(63,64)71-73(58,59)60/h17-21,33,36-37,40,47,55-56H,4-16,22-23H2,1-3H3,(H8,44,45,50,54,57,58,59,60,61,62,63,64,65,66,67)/p+1/t33-,36-,37-,40-/m1/s1. The van der Waals surface area contributed by atoms with Gasteiger partial charge in [0.2, 0.25) is 23.2 Å². The van der Waals surface area contributed by atoms with Gasteiger partial charge in [-0.2, -0.15) is 22.0 Å². The number of aryl methyl sites for hydroxylation is 1. The average Bonchev–Trinajstić information content (AvgIpc) is 3.81. The van der Waals surface area contributed by atoms with Gasteiger partial charge >= 0.3 is 23.5 Å². The van der Waals surface area contributed by atoms with Crippen molar-refractivity contribution in [2.24, 2.45) is 4.99 Å². The van der Waals surface area contributed by atoms with Crippen LogP contribution < -0.4 is 46.9 Å². The normalized spacial score (nSPS) is 21.5.